The standard InChI is InChI=1S/C2H4BF3O/c4-2(7)1-3(5)6/h2,7H,1H2. The van der Waals surface area contributed by atoms with Crippen LogP contribution in [0.15, 0.2) is 0 Å². The molecule has 1 nitrogen and oxygen atoms in total. The van der Waals surface area contributed by atoms with E-state index in [4.69, 9.17) is 5.11 Å². The summed E-state index contributed by atoms with van der Waals surface area (Å²) >= 11 is 0. The van der Waals surface area contributed by atoms with Gasteiger partial charge < -0.3 is 5.11 Å². The Labute approximate surface area is 39.3 Å². The molecule has 0 aliphatic carbocycles. The van der Waals surface area contributed by atoms with Crippen LogP contribution in [0.2, 0.25) is 6.32 Å². The zero-order valence-electron chi connectivity index (χ0n) is 3.44. The summed E-state index contributed by atoms with van der Waals surface area (Å²) in [7, 11) is -2.75. The van der Waals surface area contributed by atoms with Crippen molar-refractivity contribution in [2.45, 2.75) is 12.7 Å². The van der Waals surface area contributed by atoms with E-state index in [0.29, 0.717) is 0 Å². The topological polar surface area (TPSA) is 20.2 Å². The van der Waals surface area contributed by atoms with E-state index in [1.807, 2.05) is 0 Å². The lowest BCUT2D eigenvalue weighted by atomic mass is 9.93. The normalized spacial score (nSPS) is 13.7. The van der Waals surface area contributed by atoms with Crippen molar-refractivity contribution in [3.05, 3.63) is 0 Å². The number of alkyl halides is 1. The molecule has 0 bridgehead atoms. The smallest absolute Gasteiger partial charge is 0.364 e. The predicted octanol–water partition coefficient (Wildman–Crippen LogP) is 0.702. The van der Waals surface area contributed by atoms with Crippen LogP contribution in [-0.4, -0.2) is 18.7 Å². The van der Waals surface area contributed by atoms with E-state index in [0.717, 1.165) is 0 Å². The predicted molar refractivity (Wildman–Crippen MR) is 19.9 cm³/mol. The van der Waals surface area contributed by atoms with Crippen molar-refractivity contribution < 1.29 is 18.1 Å². The molecule has 0 spiro atoms. The summed E-state index contributed by atoms with van der Waals surface area (Å²) < 4.78 is 32.8. The monoisotopic (exact) mass is 112 g/mol. The zero-order valence-corrected chi connectivity index (χ0v) is 3.44. The molecule has 0 aromatic heterocycles. The lowest BCUT2D eigenvalue weighted by Gasteiger charge is -1.91. The van der Waals surface area contributed by atoms with Gasteiger partial charge in [0.15, 0.2) is 6.36 Å². The molecular weight excluding hydrogens is 108 g/mol. The van der Waals surface area contributed by atoms with Crippen LogP contribution in [0.1, 0.15) is 0 Å². The number of halogens is 3. The fourth-order valence-electron chi connectivity index (χ4n) is 0.147. The number of rotatable bonds is 2. The molecule has 0 amide bonds. The van der Waals surface area contributed by atoms with Gasteiger partial charge in [0, 0.05) is 6.32 Å². The van der Waals surface area contributed by atoms with Crippen LogP contribution < -0.4 is 0 Å². The van der Waals surface area contributed by atoms with Crippen LogP contribution in [0.25, 0.3) is 0 Å². The maximum Gasteiger partial charge on any atom is 0.543 e. The Bertz CT molecular complexity index is 42.2. The second kappa shape index (κ2) is 2.90. The molecule has 0 heterocycles. The average molecular weight is 112 g/mol. The molecule has 0 aromatic rings. The third-order valence-corrected chi connectivity index (χ3v) is 0.373. The van der Waals surface area contributed by atoms with Crippen molar-refractivity contribution in [3.63, 3.8) is 0 Å². The quantitative estimate of drug-likeness (QED) is 0.521. The van der Waals surface area contributed by atoms with Gasteiger partial charge in [0.2, 0.25) is 0 Å². The molecule has 42 valence electrons. The summed E-state index contributed by atoms with van der Waals surface area (Å²) in [5.74, 6) is 0. The minimum Gasteiger partial charge on any atom is -0.364 e. The Balaban J connectivity index is 2.95. The van der Waals surface area contributed by atoms with Gasteiger partial charge in [-0.1, -0.05) is 0 Å². The summed E-state index contributed by atoms with van der Waals surface area (Å²) in [5, 5.41) is 7.58. The molecule has 1 N–H and O–H groups in total. The lowest BCUT2D eigenvalue weighted by molar-refractivity contribution is 0.0574. The summed E-state index contributed by atoms with van der Waals surface area (Å²) in [6.07, 6.45) is -3.46. The Morgan fingerprint density at radius 3 is 2.00 bits per heavy atom. The highest BCUT2D eigenvalue weighted by atomic mass is 19.2. The number of aliphatic hydroxyl groups is 1. The summed E-state index contributed by atoms with van der Waals surface area (Å²) in [6.45, 7) is 0. The van der Waals surface area contributed by atoms with Crippen molar-refractivity contribution in [2.24, 2.45) is 0 Å². The van der Waals surface area contributed by atoms with E-state index < -0.39 is 19.9 Å². The number of hydrogen-bond donors (Lipinski definition) is 1. The van der Waals surface area contributed by atoms with Crippen LogP contribution in [0.4, 0.5) is 13.0 Å². The van der Waals surface area contributed by atoms with Gasteiger partial charge in [-0.2, -0.15) is 0 Å². The Kier molecular flexibility index (Phi) is 2.83. The van der Waals surface area contributed by atoms with Gasteiger partial charge in [-0.3, -0.25) is 8.63 Å². The van der Waals surface area contributed by atoms with Crippen molar-refractivity contribution in [1.82, 2.24) is 0 Å². The molecule has 0 aliphatic rings. The first kappa shape index (κ1) is 6.81. The van der Waals surface area contributed by atoms with Crippen LogP contribution >= 0.6 is 0 Å². The SMILES string of the molecule is OC(F)CB(F)F. The van der Waals surface area contributed by atoms with Gasteiger partial charge in [-0.15, -0.1) is 0 Å². The van der Waals surface area contributed by atoms with E-state index in [1.54, 1.807) is 0 Å². The average Bonchev–Trinajstić information content (AvgIpc) is 1.27. The number of aliphatic hydroxyl groups excluding tert-OH is 1. The van der Waals surface area contributed by atoms with Crippen LogP contribution in [0.3, 0.4) is 0 Å². The molecule has 0 rings (SSSR count). The van der Waals surface area contributed by atoms with Crippen LogP contribution in [0.5, 0.6) is 0 Å². The van der Waals surface area contributed by atoms with E-state index >= 15 is 0 Å². The summed E-state index contributed by atoms with van der Waals surface area (Å²) in [6, 6.07) is 0. The van der Waals surface area contributed by atoms with Crippen molar-refractivity contribution in [2.75, 3.05) is 0 Å². The van der Waals surface area contributed by atoms with E-state index in [2.05, 4.69) is 0 Å². The fraction of sp³-hybridized carbons (Fsp3) is 1.00. The molecular formula is C2H4BF3O. The molecule has 1 atom stereocenters. The number of hydrogen-bond acceptors (Lipinski definition) is 1. The maximum atomic E-state index is 11.0. The third kappa shape index (κ3) is 5.81. The van der Waals surface area contributed by atoms with Gasteiger partial charge in [0.1, 0.15) is 0 Å². The molecule has 0 radical (unpaired) electrons. The van der Waals surface area contributed by atoms with Crippen LogP contribution in [0, 0.1) is 0 Å². The second-order valence-electron chi connectivity index (χ2n) is 1.06. The molecule has 1 unspecified atom stereocenters. The first-order valence-electron chi connectivity index (χ1n) is 1.73. The van der Waals surface area contributed by atoms with Gasteiger partial charge in [0.05, 0.1) is 0 Å². The van der Waals surface area contributed by atoms with E-state index in [1.165, 1.54) is 0 Å². The minimum absolute atomic E-state index is 1.08. The van der Waals surface area contributed by atoms with Gasteiger partial charge in [0.25, 0.3) is 0 Å². The zero-order chi connectivity index (χ0) is 5.86. The molecule has 0 aromatic carbocycles. The Morgan fingerprint density at radius 2 is 2.00 bits per heavy atom. The van der Waals surface area contributed by atoms with Crippen LogP contribution in [-0.2, 0) is 0 Å². The molecule has 7 heavy (non-hydrogen) atoms. The Morgan fingerprint density at radius 1 is 1.57 bits per heavy atom. The summed E-state index contributed by atoms with van der Waals surface area (Å²) in [4.78, 5) is 0. The van der Waals surface area contributed by atoms with Crippen molar-refractivity contribution >= 4 is 7.27 Å². The molecule has 0 saturated carbocycles. The third-order valence-electron chi connectivity index (χ3n) is 0.373. The van der Waals surface area contributed by atoms with Crippen molar-refractivity contribution in [1.29, 1.82) is 0 Å². The van der Waals surface area contributed by atoms with Crippen molar-refractivity contribution in [3.8, 4) is 0 Å². The first-order valence-corrected chi connectivity index (χ1v) is 1.73. The molecule has 5 heteroatoms. The molecule has 0 fully saturated rings. The maximum absolute atomic E-state index is 11.0. The highest BCUT2D eigenvalue weighted by Gasteiger charge is 2.16. The highest BCUT2D eigenvalue weighted by molar-refractivity contribution is 6.42. The second-order valence-corrected chi connectivity index (χ2v) is 1.06. The molecule has 0 aliphatic heterocycles. The highest BCUT2D eigenvalue weighted by Crippen LogP contribution is 2.00. The van der Waals surface area contributed by atoms with E-state index in [9.17, 15) is 13.0 Å². The van der Waals surface area contributed by atoms with Gasteiger partial charge >= 0.3 is 7.27 Å². The van der Waals surface area contributed by atoms with Gasteiger partial charge in [-0.25, -0.2) is 4.39 Å². The first-order chi connectivity index (χ1) is 3.13. The summed E-state index contributed by atoms with van der Waals surface area (Å²) in [5.41, 5.74) is 0. The van der Waals surface area contributed by atoms with Gasteiger partial charge in [-0.05, 0) is 0 Å². The minimum atomic E-state index is -2.75. The molecule has 0 saturated heterocycles. The fourth-order valence-corrected chi connectivity index (χ4v) is 0.147. The lowest BCUT2D eigenvalue weighted by Crippen LogP contribution is -2.06. The Hall–Kier alpha value is -0.185. The largest absolute Gasteiger partial charge is 0.543 e. The van der Waals surface area contributed by atoms with E-state index in [-0.39, 0.29) is 0 Å².